The van der Waals surface area contributed by atoms with Crippen LogP contribution in [0.3, 0.4) is 0 Å². The topological polar surface area (TPSA) is 41.6 Å². The molecule has 3 heteroatoms. The summed E-state index contributed by atoms with van der Waals surface area (Å²) in [5, 5.41) is 9.15. The first-order chi connectivity index (χ1) is 7.15. The third-order valence-electron chi connectivity index (χ3n) is 3.09. The van der Waals surface area contributed by atoms with E-state index in [9.17, 15) is 0 Å². The van der Waals surface area contributed by atoms with Crippen LogP contribution in [0.15, 0.2) is 6.20 Å². The summed E-state index contributed by atoms with van der Waals surface area (Å²) >= 11 is 0. The third kappa shape index (κ3) is 2.20. The van der Waals surface area contributed by atoms with E-state index in [4.69, 9.17) is 5.26 Å². The zero-order valence-corrected chi connectivity index (χ0v) is 9.99. The zero-order chi connectivity index (χ0) is 11.4. The van der Waals surface area contributed by atoms with Gasteiger partial charge in [-0.3, -0.25) is 0 Å². The van der Waals surface area contributed by atoms with E-state index in [2.05, 4.69) is 38.9 Å². The molecule has 3 nitrogen and oxygen atoms in total. The fraction of sp³-hybridized carbons (Fsp3) is 0.667. The van der Waals surface area contributed by atoms with Gasteiger partial charge in [0, 0.05) is 12.1 Å². The summed E-state index contributed by atoms with van der Waals surface area (Å²) in [5.74, 6) is 1.65. The normalized spacial score (nSPS) is 14.6. The third-order valence-corrected chi connectivity index (χ3v) is 3.09. The Hall–Kier alpha value is -1.30. The highest BCUT2D eigenvalue weighted by molar-refractivity contribution is 5.17. The maximum atomic E-state index is 9.15. The molecule has 0 amide bonds. The molecule has 0 radical (unpaired) electrons. The van der Waals surface area contributed by atoms with E-state index < -0.39 is 0 Å². The number of aromatic nitrogens is 2. The van der Waals surface area contributed by atoms with Crippen LogP contribution in [0, 0.1) is 11.5 Å². The summed E-state index contributed by atoms with van der Waals surface area (Å²) in [5.41, 5.74) is 1.04. The summed E-state index contributed by atoms with van der Waals surface area (Å²) in [6.45, 7) is 8.48. The van der Waals surface area contributed by atoms with Crippen LogP contribution < -0.4 is 0 Å². The lowest BCUT2D eigenvalue weighted by Crippen LogP contribution is -2.06. The molecule has 1 aromatic heterocycles. The second kappa shape index (κ2) is 4.97. The van der Waals surface area contributed by atoms with Crippen molar-refractivity contribution < 1.29 is 0 Å². The van der Waals surface area contributed by atoms with E-state index in [1.165, 1.54) is 0 Å². The van der Waals surface area contributed by atoms with E-state index in [0.717, 1.165) is 24.4 Å². The van der Waals surface area contributed by atoms with Gasteiger partial charge >= 0.3 is 0 Å². The average Bonchev–Trinajstić information content (AvgIpc) is 2.70. The molecular weight excluding hydrogens is 186 g/mol. The van der Waals surface area contributed by atoms with Crippen molar-refractivity contribution in [3.63, 3.8) is 0 Å². The predicted molar refractivity (Wildman–Crippen MR) is 60.7 cm³/mol. The van der Waals surface area contributed by atoms with Gasteiger partial charge in [0.25, 0.3) is 0 Å². The van der Waals surface area contributed by atoms with Crippen molar-refractivity contribution in [2.75, 3.05) is 0 Å². The Balaban J connectivity index is 3.12. The lowest BCUT2D eigenvalue weighted by atomic mass is 10.1. The minimum absolute atomic E-state index is 0.349. The van der Waals surface area contributed by atoms with Crippen LogP contribution in [-0.2, 0) is 0 Å². The number of rotatable bonds is 4. The van der Waals surface area contributed by atoms with Gasteiger partial charge < -0.3 is 0 Å². The largest absolute Gasteiger partial charge is 0.240 e. The molecule has 0 aromatic carbocycles. The monoisotopic (exact) mass is 205 g/mol. The first-order valence-corrected chi connectivity index (χ1v) is 5.63. The van der Waals surface area contributed by atoms with Gasteiger partial charge in [-0.15, -0.1) is 0 Å². The Labute approximate surface area is 91.7 Å². The molecule has 2 atom stereocenters. The highest BCUT2D eigenvalue weighted by Gasteiger charge is 2.17. The number of imidazole rings is 1. The van der Waals surface area contributed by atoms with Crippen molar-refractivity contribution in [1.29, 1.82) is 5.26 Å². The van der Waals surface area contributed by atoms with Crippen LogP contribution in [0.5, 0.6) is 0 Å². The Morgan fingerprint density at radius 1 is 1.33 bits per heavy atom. The van der Waals surface area contributed by atoms with Crippen molar-refractivity contribution in [2.45, 2.75) is 52.4 Å². The maximum absolute atomic E-state index is 9.15. The molecule has 0 N–H and O–H groups in total. The lowest BCUT2D eigenvalue weighted by molar-refractivity contribution is 0.638. The number of hydrogen-bond acceptors (Lipinski definition) is 2. The van der Waals surface area contributed by atoms with Gasteiger partial charge in [-0.05, 0) is 18.8 Å². The molecule has 82 valence electrons. The van der Waals surface area contributed by atoms with E-state index in [-0.39, 0.29) is 0 Å². The molecule has 0 saturated carbocycles. The van der Waals surface area contributed by atoms with Crippen molar-refractivity contribution >= 4 is 0 Å². The number of nitriles is 1. The first kappa shape index (κ1) is 11.8. The Kier molecular flexibility index (Phi) is 3.90. The lowest BCUT2D eigenvalue weighted by Gasteiger charge is -2.11. The fourth-order valence-electron chi connectivity index (χ4n) is 1.58. The van der Waals surface area contributed by atoms with Crippen LogP contribution in [0.25, 0.3) is 0 Å². The summed E-state index contributed by atoms with van der Waals surface area (Å²) in [4.78, 5) is 4.37. The average molecular weight is 205 g/mol. The summed E-state index contributed by atoms with van der Waals surface area (Å²) < 4.78 is 1.70. The highest BCUT2D eigenvalue weighted by atomic mass is 15.1. The van der Waals surface area contributed by atoms with Crippen LogP contribution in [0.1, 0.15) is 63.9 Å². The van der Waals surface area contributed by atoms with Crippen molar-refractivity contribution in [1.82, 2.24) is 9.55 Å². The van der Waals surface area contributed by atoms with Gasteiger partial charge in [0.05, 0.1) is 5.69 Å². The van der Waals surface area contributed by atoms with Crippen LogP contribution in [0.2, 0.25) is 0 Å². The second-order valence-corrected chi connectivity index (χ2v) is 4.10. The van der Waals surface area contributed by atoms with Crippen molar-refractivity contribution in [3.8, 4) is 6.19 Å². The molecule has 0 bridgehead atoms. The predicted octanol–water partition coefficient (Wildman–Crippen LogP) is 3.24. The molecule has 0 aliphatic rings. The fourth-order valence-corrected chi connectivity index (χ4v) is 1.58. The highest BCUT2D eigenvalue weighted by Crippen LogP contribution is 2.24. The van der Waals surface area contributed by atoms with Crippen molar-refractivity contribution in [3.05, 3.63) is 17.7 Å². The van der Waals surface area contributed by atoms with E-state index >= 15 is 0 Å². The first-order valence-electron chi connectivity index (χ1n) is 5.63. The summed E-state index contributed by atoms with van der Waals surface area (Å²) in [6.07, 6.45) is 6.12. The Bertz CT molecular complexity index is 332. The number of nitrogens with zero attached hydrogens (tertiary/aromatic N) is 3. The molecule has 0 saturated heterocycles. The van der Waals surface area contributed by atoms with E-state index in [0.29, 0.717) is 11.8 Å². The number of hydrogen-bond donors (Lipinski definition) is 0. The Morgan fingerprint density at radius 2 is 1.93 bits per heavy atom. The molecule has 2 unspecified atom stereocenters. The van der Waals surface area contributed by atoms with E-state index in [1.54, 1.807) is 4.57 Å². The summed E-state index contributed by atoms with van der Waals surface area (Å²) in [7, 11) is 0. The van der Waals surface area contributed by atoms with Gasteiger partial charge in [-0.25, -0.2) is 9.55 Å². The molecule has 15 heavy (non-hydrogen) atoms. The van der Waals surface area contributed by atoms with Gasteiger partial charge in [0.2, 0.25) is 0 Å². The minimum Gasteiger partial charge on any atom is -0.240 e. The molecule has 0 aliphatic carbocycles. The zero-order valence-electron chi connectivity index (χ0n) is 9.99. The maximum Gasteiger partial charge on any atom is 0.190 e. The van der Waals surface area contributed by atoms with Gasteiger partial charge in [0.15, 0.2) is 6.19 Å². The van der Waals surface area contributed by atoms with Crippen LogP contribution in [0.4, 0.5) is 0 Å². The molecule has 1 rings (SSSR count). The quantitative estimate of drug-likeness (QED) is 0.757. The van der Waals surface area contributed by atoms with E-state index in [1.807, 2.05) is 6.20 Å². The second-order valence-electron chi connectivity index (χ2n) is 4.10. The smallest absolute Gasteiger partial charge is 0.190 e. The SMILES string of the molecule is CCC(C)c1cnc(C(C)CC)n1C#N. The van der Waals surface area contributed by atoms with Gasteiger partial charge in [0.1, 0.15) is 5.82 Å². The van der Waals surface area contributed by atoms with Gasteiger partial charge in [-0.1, -0.05) is 27.7 Å². The molecule has 1 aromatic rings. The minimum atomic E-state index is 0.349. The molecule has 1 heterocycles. The molecule has 0 fully saturated rings. The van der Waals surface area contributed by atoms with Gasteiger partial charge in [-0.2, -0.15) is 5.26 Å². The standard InChI is InChI=1S/C12H19N3/c1-5-9(3)11-7-14-12(10(4)6-2)15(11)8-13/h7,9-10H,5-6H2,1-4H3. The summed E-state index contributed by atoms with van der Waals surface area (Å²) in [6, 6.07) is 0. The van der Waals surface area contributed by atoms with Crippen LogP contribution in [-0.4, -0.2) is 9.55 Å². The molecule has 0 aliphatic heterocycles. The molecule has 0 spiro atoms. The van der Waals surface area contributed by atoms with Crippen LogP contribution >= 0.6 is 0 Å². The van der Waals surface area contributed by atoms with Crippen molar-refractivity contribution in [2.24, 2.45) is 0 Å². The molecular formula is C12H19N3. The Morgan fingerprint density at radius 3 is 2.40 bits per heavy atom.